The van der Waals surface area contributed by atoms with Gasteiger partial charge in [0.25, 0.3) is 0 Å². The molecule has 0 amide bonds. The van der Waals surface area contributed by atoms with Crippen LogP contribution in [0.15, 0.2) is 24.4 Å². The van der Waals surface area contributed by atoms with Crippen LogP contribution < -0.4 is 0 Å². The molecule has 0 aliphatic carbocycles. The van der Waals surface area contributed by atoms with Crippen LogP contribution in [-0.4, -0.2) is 26.7 Å². The first-order chi connectivity index (χ1) is 8.22. The summed E-state index contributed by atoms with van der Waals surface area (Å²) in [6, 6.07) is 4.86. The van der Waals surface area contributed by atoms with Crippen LogP contribution in [0.25, 0.3) is 5.69 Å². The molecule has 17 heavy (non-hydrogen) atoms. The van der Waals surface area contributed by atoms with Crippen molar-refractivity contribution in [1.82, 2.24) is 15.0 Å². The molecule has 5 heteroatoms. The molecule has 0 atom stereocenters. The van der Waals surface area contributed by atoms with Crippen molar-refractivity contribution in [2.24, 2.45) is 0 Å². The second-order valence-electron chi connectivity index (χ2n) is 3.87. The molecule has 1 heterocycles. The Bertz CT molecular complexity index is 510. The Morgan fingerprint density at radius 1 is 1.41 bits per heavy atom. The van der Waals surface area contributed by atoms with E-state index in [0.29, 0.717) is 24.1 Å². The molecule has 2 rings (SSSR count). The monoisotopic (exact) mass is 235 g/mol. The van der Waals surface area contributed by atoms with E-state index in [-0.39, 0.29) is 12.4 Å². The van der Waals surface area contributed by atoms with Crippen LogP contribution in [0.4, 0.5) is 4.39 Å². The summed E-state index contributed by atoms with van der Waals surface area (Å²) in [5, 5.41) is 16.7. The molecular weight excluding hydrogens is 221 g/mol. The maximum absolute atomic E-state index is 13.4. The lowest BCUT2D eigenvalue weighted by atomic mass is 10.2. The van der Waals surface area contributed by atoms with Crippen LogP contribution in [0, 0.1) is 12.7 Å². The number of aliphatic hydroxyl groups is 1. The maximum Gasteiger partial charge on any atom is 0.128 e. The summed E-state index contributed by atoms with van der Waals surface area (Å²) in [5.74, 6) is -0.255. The molecule has 0 aliphatic heterocycles. The highest BCUT2D eigenvalue weighted by Gasteiger charge is 2.07. The normalized spacial score (nSPS) is 10.8. The molecule has 0 aliphatic rings. The lowest BCUT2D eigenvalue weighted by Crippen LogP contribution is -1.99. The zero-order chi connectivity index (χ0) is 12.3. The second kappa shape index (κ2) is 5.05. The third-order valence-electron chi connectivity index (χ3n) is 2.62. The second-order valence-corrected chi connectivity index (χ2v) is 3.87. The Morgan fingerprint density at radius 3 is 3.00 bits per heavy atom. The predicted octanol–water partition coefficient (Wildman–Crippen LogP) is 1.64. The number of aryl methyl sites for hydroxylation is 1. The molecule has 0 saturated carbocycles. The largest absolute Gasteiger partial charge is 0.396 e. The maximum atomic E-state index is 13.4. The minimum absolute atomic E-state index is 0.131. The van der Waals surface area contributed by atoms with E-state index in [1.807, 2.05) is 0 Å². The highest BCUT2D eigenvalue weighted by molar-refractivity contribution is 5.40. The molecule has 1 aromatic carbocycles. The van der Waals surface area contributed by atoms with Gasteiger partial charge in [0.15, 0.2) is 0 Å². The van der Waals surface area contributed by atoms with Crippen LogP contribution in [0.2, 0.25) is 0 Å². The molecule has 0 spiro atoms. The topological polar surface area (TPSA) is 50.9 Å². The molecular formula is C12H14FN3O. The molecule has 0 radical (unpaired) electrons. The van der Waals surface area contributed by atoms with E-state index >= 15 is 0 Å². The number of benzene rings is 1. The van der Waals surface area contributed by atoms with Crippen LogP contribution in [0.5, 0.6) is 0 Å². The van der Waals surface area contributed by atoms with Crippen LogP contribution >= 0.6 is 0 Å². The summed E-state index contributed by atoms with van der Waals surface area (Å²) in [6.07, 6.45) is 3.09. The Morgan fingerprint density at radius 2 is 2.24 bits per heavy atom. The summed E-state index contributed by atoms with van der Waals surface area (Å²) < 4.78 is 14.9. The number of hydrogen-bond donors (Lipinski definition) is 1. The molecule has 2 aromatic rings. The number of nitrogens with zero attached hydrogens (tertiary/aromatic N) is 3. The van der Waals surface area contributed by atoms with Gasteiger partial charge in [0, 0.05) is 12.2 Å². The third-order valence-corrected chi connectivity index (χ3v) is 2.62. The SMILES string of the molecule is Cc1c(F)cccc1-n1cc(CCCO)nn1. The van der Waals surface area contributed by atoms with E-state index < -0.39 is 0 Å². The average Bonchev–Trinajstić information content (AvgIpc) is 2.78. The first-order valence-corrected chi connectivity index (χ1v) is 5.50. The Hall–Kier alpha value is -1.75. The van der Waals surface area contributed by atoms with Gasteiger partial charge in [-0.25, -0.2) is 9.07 Å². The highest BCUT2D eigenvalue weighted by Crippen LogP contribution is 2.16. The van der Waals surface area contributed by atoms with E-state index in [9.17, 15) is 4.39 Å². The predicted molar refractivity (Wildman–Crippen MR) is 61.5 cm³/mol. The quantitative estimate of drug-likeness (QED) is 0.876. The number of aliphatic hydroxyl groups excluding tert-OH is 1. The summed E-state index contributed by atoms with van der Waals surface area (Å²) in [7, 11) is 0. The van der Waals surface area contributed by atoms with E-state index in [4.69, 9.17) is 5.11 Å². The minimum atomic E-state index is -0.255. The van der Waals surface area contributed by atoms with Crippen LogP contribution in [-0.2, 0) is 6.42 Å². The van der Waals surface area contributed by atoms with Crippen molar-refractivity contribution < 1.29 is 9.50 Å². The van der Waals surface area contributed by atoms with Gasteiger partial charge in [-0.05, 0) is 31.9 Å². The summed E-state index contributed by atoms with van der Waals surface area (Å²) in [5.41, 5.74) is 2.03. The molecule has 1 N–H and O–H groups in total. The summed E-state index contributed by atoms with van der Waals surface area (Å²) in [4.78, 5) is 0. The fourth-order valence-corrected chi connectivity index (χ4v) is 1.64. The van der Waals surface area contributed by atoms with Gasteiger partial charge in [-0.3, -0.25) is 0 Å². The van der Waals surface area contributed by atoms with Crippen molar-refractivity contribution in [2.75, 3.05) is 6.61 Å². The van der Waals surface area contributed by atoms with E-state index in [2.05, 4.69) is 10.3 Å². The Labute approximate surface area is 98.7 Å². The molecule has 90 valence electrons. The van der Waals surface area contributed by atoms with Gasteiger partial charge >= 0.3 is 0 Å². The summed E-state index contributed by atoms with van der Waals surface area (Å²) >= 11 is 0. The van der Waals surface area contributed by atoms with Gasteiger partial charge in [-0.1, -0.05) is 11.3 Å². The fourth-order valence-electron chi connectivity index (χ4n) is 1.64. The zero-order valence-electron chi connectivity index (χ0n) is 9.60. The molecule has 0 bridgehead atoms. The first kappa shape index (κ1) is 11.7. The number of aromatic nitrogens is 3. The van der Waals surface area contributed by atoms with Crippen LogP contribution in [0.3, 0.4) is 0 Å². The van der Waals surface area contributed by atoms with Crippen molar-refractivity contribution in [3.05, 3.63) is 41.5 Å². The minimum Gasteiger partial charge on any atom is -0.396 e. The third kappa shape index (κ3) is 2.50. The van der Waals surface area contributed by atoms with Gasteiger partial charge in [0.05, 0.1) is 17.6 Å². The number of hydrogen-bond acceptors (Lipinski definition) is 3. The van der Waals surface area contributed by atoms with Crippen molar-refractivity contribution >= 4 is 0 Å². The molecule has 1 aromatic heterocycles. The average molecular weight is 235 g/mol. The standard InChI is InChI=1S/C12H14FN3O/c1-9-11(13)5-2-6-12(9)16-8-10(14-15-16)4-3-7-17/h2,5-6,8,17H,3-4,7H2,1H3. The number of halogens is 1. The van der Waals surface area contributed by atoms with Gasteiger partial charge in [0.2, 0.25) is 0 Å². The van der Waals surface area contributed by atoms with Crippen molar-refractivity contribution in [1.29, 1.82) is 0 Å². The van der Waals surface area contributed by atoms with Crippen LogP contribution in [0.1, 0.15) is 17.7 Å². The molecule has 0 unspecified atom stereocenters. The highest BCUT2D eigenvalue weighted by atomic mass is 19.1. The van der Waals surface area contributed by atoms with E-state index in [1.54, 1.807) is 29.9 Å². The first-order valence-electron chi connectivity index (χ1n) is 5.50. The van der Waals surface area contributed by atoms with Gasteiger partial charge in [-0.2, -0.15) is 0 Å². The summed E-state index contributed by atoms with van der Waals surface area (Å²) in [6.45, 7) is 1.84. The number of rotatable bonds is 4. The molecule has 4 nitrogen and oxygen atoms in total. The van der Waals surface area contributed by atoms with E-state index in [0.717, 1.165) is 5.69 Å². The lowest BCUT2D eigenvalue weighted by molar-refractivity contribution is 0.288. The molecule has 0 saturated heterocycles. The van der Waals surface area contributed by atoms with E-state index in [1.165, 1.54) is 6.07 Å². The molecule has 0 fully saturated rings. The van der Waals surface area contributed by atoms with Gasteiger partial charge in [0.1, 0.15) is 5.82 Å². The fraction of sp³-hybridized carbons (Fsp3) is 0.333. The zero-order valence-corrected chi connectivity index (χ0v) is 9.60. The van der Waals surface area contributed by atoms with Crippen molar-refractivity contribution in [3.8, 4) is 5.69 Å². The van der Waals surface area contributed by atoms with Crippen molar-refractivity contribution in [3.63, 3.8) is 0 Å². The Balaban J connectivity index is 2.27. The van der Waals surface area contributed by atoms with Gasteiger partial charge in [-0.15, -0.1) is 5.10 Å². The smallest absolute Gasteiger partial charge is 0.128 e. The van der Waals surface area contributed by atoms with Gasteiger partial charge < -0.3 is 5.11 Å². The van der Waals surface area contributed by atoms with Crippen molar-refractivity contribution in [2.45, 2.75) is 19.8 Å². The lowest BCUT2D eigenvalue weighted by Gasteiger charge is -2.04. The Kier molecular flexibility index (Phi) is 3.49.